The Hall–Kier alpha value is -3.59. The van der Waals surface area contributed by atoms with E-state index in [0.717, 1.165) is 17.0 Å². The number of anilines is 1. The average molecular weight is 495 g/mol. The number of amides is 1. The van der Waals surface area contributed by atoms with Gasteiger partial charge < -0.3 is 19.5 Å². The molecule has 0 radical (unpaired) electrons. The minimum absolute atomic E-state index is 0.199. The van der Waals surface area contributed by atoms with Crippen molar-refractivity contribution in [3.8, 4) is 28.6 Å². The van der Waals surface area contributed by atoms with Crippen LogP contribution in [0, 0.1) is 6.92 Å². The summed E-state index contributed by atoms with van der Waals surface area (Å²) in [6.45, 7) is 2.72. The lowest BCUT2D eigenvalue weighted by Gasteiger charge is -2.20. The molecule has 1 aliphatic heterocycles. The maximum Gasteiger partial charge on any atom is 0.262 e. The molecule has 2 aromatic heterocycles. The topological polar surface area (TPSA) is 87.0 Å². The first-order valence-electron chi connectivity index (χ1n) is 10.0. The third-order valence-electron chi connectivity index (χ3n) is 4.91. The fourth-order valence-electron chi connectivity index (χ4n) is 3.42. The summed E-state index contributed by atoms with van der Waals surface area (Å²) in [5, 5.41) is 7.22. The van der Waals surface area contributed by atoms with E-state index < -0.39 is 0 Å². The zero-order valence-corrected chi connectivity index (χ0v) is 18.8. The number of nitrogens with one attached hydrogen (secondary N) is 1. The molecule has 0 aliphatic carbocycles. The second kappa shape index (κ2) is 8.51. The molecule has 1 N–H and O–H groups in total. The maximum absolute atomic E-state index is 12.4. The Morgan fingerprint density at radius 2 is 1.88 bits per heavy atom. The molecule has 2 aromatic carbocycles. The molecular weight excluding hydrogens is 476 g/mol. The van der Waals surface area contributed by atoms with Crippen molar-refractivity contribution >= 4 is 33.2 Å². The SMILES string of the molecule is Cc1cc(-c2ccccc2)nc2cc(OCC(=O)Nc3cc4c(cc3Br)OCCO4)nn12. The van der Waals surface area contributed by atoms with Crippen molar-refractivity contribution in [3.63, 3.8) is 0 Å². The van der Waals surface area contributed by atoms with Gasteiger partial charge in [0.15, 0.2) is 23.8 Å². The molecule has 32 heavy (non-hydrogen) atoms. The standard InChI is InChI=1S/C23H19BrN4O4/c1-14-9-17(15-5-3-2-4-6-15)25-21-12-23(27-28(14)21)32-13-22(29)26-18-11-20-19(10-16(18)24)30-7-8-31-20/h2-6,9-12H,7-8,13H2,1H3,(H,26,29). The molecule has 0 spiro atoms. The Morgan fingerprint density at radius 1 is 1.12 bits per heavy atom. The molecule has 0 fully saturated rings. The van der Waals surface area contributed by atoms with Gasteiger partial charge in [-0.1, -0.05) is 30.3 Å². The number of ether oxygens (including phenoxy) is 3. The summed E-state index contributed by atoms with van der Waals surface area (Å²) < 4.78 is 19.1. The van der Waals surface area contributed by atoms with E-state index in [4.69, 9.17) is 14.2 Å². The lowest BCUT2D eigenvalue weighted by molar-refractivity contribution is -0.118. The van der Waals surface area contributed by atoms with E-state index in [1.807, 2.05) is 43.3 Å². The van der Waals surface area contributed by atoms with Crippen LogP contribution in [0.5, 0.6) is 17.4 Å². The molecule has 8 nitrogen and oxygen atoms in total. The minimum atomic E-state index is -0.325. The van der Waals surface area contributed by atoms with Crippen LogP contribution in [0.25, 0.3) is 16.9 Å². The van der Waals surface area contributed by atoms with Gasteiger partial charge >= 0.3 is 0 Å². The Labute approximate surface area is 192 Å². The smallest absolute Gasteiger partial charge is 0.262 e. The van der Waals surface area contributed by atoms with E-state index in [1.165, 1.54) is 0 Å². The number of benzene rings is 2. The van der Waals surface area contributed by atoms with Crippen molar-refractivity contribution in [3.05, 3.63) is 64.8 Å². The van der Waals surface area contributed by atoms with Crippen LogP contribution in [-0.4, -0.2) is 40.3 Å². The number of fused-ring (bicyclic) bond motifs is 2. The molecule has 0 bridgehead atoms. The first-order chi connectivity index (χ1) is 15.6. The van der Waals surface area contributed by atoms with Crippen LogP contribution in [0.2, 0.25) is 0 Å². The molecule has 9 heteroatoms. The maximum atomic E-state index is 12.4. The van der Waals surface area contributed by atoms with Crippen molar-refractivity contribution in [1.29, 1.82) is 0 Å². The molecule has 5 rings (SSSR count). The molecular formula is C23H19BrN4O4. The number of hydrogen-bond acceptors (Lipinski definition) is 6. The molecule has 0 atom stereocenters. The lowest BCUT2D eigenvalue weighted by atomic mass is 10.1. The zero-order chi connectivity index (χ0) is 22.1. The van der Waals surface area contributed by atoms with Gasteiger partial charge in [0.2, 0.25) is 5.88 Å². The minimum Gasteiger partial charge on any atom is -0.486 e. The number of rotatable bonds is 5. The predicted octanol–water partition coefficient (Wildman–Crippen LogP) is 4.26. The quantitative estimate of drug-likeness (QED) is 0.446. The third-order valence-corrected chi connectivity index (χ3v) is 5.57. The monoisotopic (exact) mass is 494 g/mol. The number of aromatic nitrogens is 3. The number of aryl methyl sites for hydroxylation is 1. The molecule has 0 saturated heterocycles. The Balaban J connectivity index is 1.29. The summed E-state index contributed by atoms with van der Waals surface area (Å²) in [5.74, 6) is 1.22. The van der Waals surface area contributed by atoms with Gasteiger partial charge in [0, 0.05) is 33.9 Å². The highest BCUT2D eigenvalue weighted by Crippen LogP contribution is 2.38. The van der Waals surface area contributed by atoms with Crippen LogP contribution in [0.3, 0.4) is 0 Å². The summed E-state index contributed by atoms with van der Waals surface area (Å²) in [6.07, 6.45) is 0. The Morgan fingerprint density at radius 3 is 2.66 bits per heavy atom. The summed E-state index contributed by atoms with van der Waals surface area (Å²) in [5.41, 5.74) is 4.00. The summed E-state index contributed by atoms with van der Waals surface area (Å²) in [4.78, 5) is 17.1. The summed E-state index contributed by atoms with van der Waals surface area (Å²) in [7, 11) is 0. The first-order valence-corrected chi connectivity index (χ1v) is 10.8. The zero-order valence-electron chi connectivity index (χ0n) is 17.2. The van der Waals surface area contributed by atoms with E-state index in [2.05, 4.69) is 31.3 Å². The number of halogens is 1. The second-order valence-electron chi connectivity index (χ2n) is 7.21. The molecule has 1 amide bonds. The van der Waals surface area contributed by atoms with E-state index in [-0.39, 0.29) is 12.5 Å². The van der Waals surface area contributed by atoms with E-state index in [0.29, 0.717) is 46.4 Å². The van der Waals surface area contributed by atoms with Crippen LogP contribution >= 0.6 is 15.9 Å². The highest BCUT2D eigenvalue weighted by molar-refractivity contribution is 9.10. The van der Waals surface area contributed by atoms with Crippen molar-refractivity contribution in [2.24, 2.45) is 0 Å². The molecule has 3 heterocycles. The van der Waals surface area contributed by atoms with Crippen molar-refractivity contribution in [1.82, 2.24) is 14.6 Å². The third kappa shape index (κ3) is 4.11. The van der Waals surface area contributed by atoms with E-state index >= 15 is 0 Å². The van der Waals surface area contributed by atoms with Gasteiger partial charge in [0.25, 0.3) is 5.91 Å². The second-order valence-corrected chi connectivity index (χ2v) is 8.07. The molecule has 0 unspecified atom stereocenters. The van der Waals surface area contributed by atoms with Crippen LogP contribution < -0.4 is 19.5 Å². The Bertz CT molecular complexity index is 1310. The molecule has 1 aliphatic rings. The largest absolute Gasteiger partial charge is 0.486 e. The Kier molecular flexibility index (Phi) is 5.40. The van der Waals surface area contributed by atoms with Gasteiger partial charge in [0.1, 0.15) is 13.2 Å². The van der Waals surface area contributed by atoms with Crippen molar-refractivity contribution in [2.45, 2.75) is 6.92 Å². The number of nitrogens with zero attached hydrogens (tertiary/aromatic N) is 3. The fourth-order valence-corrected chi connectivity index (χ4v) is 3.84. The van der Waals surface area contributed by atoms with Crippen LogP contribution in [0.15, 0.2) is 59.1 Å². The number of carbonyl (C=O) groups excluding carboxylic acids is 1. The summed E-state index contributed by atoms with van der Waals surface area (Å²) in [6, 6.07) is 17.1. The van der Waals surface area contributed by atoms with Gasteiger partial charge in [-0.2, -0.15) is 0 Å². The normalized spacial score (nSPS) is 12.6. The highest BCUT2D eigenvalue weighted by Gasteiger charge is 2.17. The van der Waals surface area contributed by atoms with Gasteiger partial charge in [0.05, 0.1) is 11.4 Å². The summed E-state index contributed by atoms with van der Waals surface area (Å²) >= 11 is 3.44. The predicted molar refractivity (Wildman–Crippen MR) is 122 cm³/mol. The van der Waals surface area contributed by atoms with Gasteiger partial charge in [-0.15, -0.1) is 5.10 Å². The molecule has 162 valence electrons. The first kappa shape index (κ1) is 20.3. The molecule has 0 saturated carbocycles. The fraction of sp³-hybridized carbons (Fsp3) is 0.174. The van der Waals surface area contributed by atoms with Crippen molar-refractivity contribution < 1.29 is 19.0 Å². The van der Waals surface area contributed by atoms with Crippen molar-refractivity contribution in [2.75, 3.05) is 25.1 Å². The lowest BCUT2D eigenvalue weighted by Crippen LogP contribution is -2.21. The van der Waals surface area contributed by atoms with Gasteiger partial charge in [-0.3, -0.25) is 4.79 Å². The van der Waals surface area contributed by atoms with Gasteiger partial charge in [-0.05, 0) is 28.9 Å². The van der Waals surface area contributed by atoms with E-state index in [1.54, 1.807) is 22.7 Å². The average Bonchev–Trinajstić information content (AvgIpc) is 3.22. The van der Waals surface area contributed by atoms with Crippen LogP contribution in [0.4, 0.5) is 5.69 Å². The van der Waals surface area contributed by atoms with Gasteiger partial charge in [-0.25, -0.2) is 9.50 Å². The van der Waals surface area contributed by atoms with Crippen LogP contribution in [0.1, 0.15) is 5.69 Å². The van der Waals surface area contributed by atoms with Crippen LogP contribution in [-0.2, 0) is 4.79 Å². The number of hydrogen-bond donors (Lipinski definition) is 1. The van der Waals surface area contributed by atoms with E-state index in [9.17, 15) is 4.79 Å². The highest BCUT2D eigenvalue weighted by atomic mass is 79.9. The number of carbonyl (C=O) groups is 1. The molecule has 4 aromatic rings.